The van der Waals surface area contributed by atoms with Gasteiger partial charge in [0.25, 0.3) is 0 Å². The summed E-state index contributed by atoms with van der Waals surface area (Å²) < 4.78 is 10.6. The SMILES string of the molecule is COCC(N)C(=O)N1CCCC2(CCCOC2)C1. The smallest absolute Gasteiger partial charge is 0.241 e. The van der Waals surface area contributed by atoms with E-state index in [1.54, 1.807) is 7.11 Å². The van der Waals surface area contributed by atoms with E-state index in [2.05, 4.69) is 0 Å². The average molecular weight is 256 g/mol. The van der Waals surface area contributed by atoms with Gasteiger partial charge in [-0.2, -0.15) is 0 Å². The number of nitrogens with two attached hydrogens (primary N) is 1. The Kier molecular flexibility index (Phi) is 4.59. The van der Waals surface area contributed by atoms with Gasteiger partial charge in [-0.05, 0) is 25.7 Å². The number of piperidine rings is 1. The van der Waals surface area contributed by atoms with Gasteiger partial charge in [-0.3, -0.25) is 4.79 Å². The molecule has 2 fully saturated rings. The molecule has 0 aliphatic carbocycles. The molecular weight excluding hydrogens is 232 g/mol. The van der Waals surface area contributed by atoms with Crippen molar-refractivity contribution in [2.75, 3.05) is 40.0 Å². The Bertz CT molecular complexity index is 284. The molecule has 5 nitrogen and oxygen atoms in total. The van der Waals surface area contributed by atoms with Crippen LogP contribution in [0.4, 0.5) is 0 Å². The highest BCUT2D eigenvalue weighted by atomic mass is 16.5. The van der Waals surface area contributed by atoms with Crippen molar-refractivity contribution in [3.63, 3.8) is 0 Å². The van der Waals surface area contributed by atoms with Crippen LogP contribution < -0.4 is 5.73 Å². The number of carbonyl (C=O) groups excluding carboxylic acids is 1. The van der Waals surface area contributed by atoms with Crippen molar-refractivity contribution in [1.82, 2.24) is 4.90 Å². The Morgan fingerprint density at radius 3 is 2.94 bits per heavy atom. The Labute approximate surface area is 109 Å². The minimum absolute atomic E-state index is 0.0153. The van der Waals surface area contributed by atoms with E-state index in [1.807, 2.05) is 4.90 Å². The molecule has 0 aromatic carbocycles. The molecule has 0 aromatic heterocycles. The second-order valence-electron chi connectivity index (χ2n) is 5.58. The highest BCUT2D eigenvalue weighted by Crippen LogP contribution is 2.37. The zero-order chi connectivity index (χ0) is 13.0. The van der Waals surface area contributed by atoms with Crippen LogP contribution in [0.1, 0.15) is 25.7 Å². The normalized spacial score (nSPS) is 30.4. The Balaban J connectivity index is 1.95. The van der Waals surface area contributed by atoms with Crippen molar-refractivity contribution in [2.24, 2.45) is 11.1 Å². The molecule has 5 heteroatoms. The summed E-state index contributed by atoms with van der Waals surface area (Å²) in [6, 6.07) is -0.533. The quantitative estimate of drug-likeness (QED) is 0.793. The van der Waals surface area contributed by atoms with Gasteiger partial charge in [-0.25, -0.2) is 0 Å². The minimum Gasteiger partial charge on any atom is -0.383 e. The average Bonchev–Trinajstić information content (AvgIpc) is 2.39. The Morgan fingerprint density at radius 1 is 1.50 bits per heavy atom. The lowest BCUT2D eigenvalue weighted by molar-refractivity contribution is -0.140. The summed E-state index contributed by atoms with van der Waals surface area (Å²) in [5.41, 5.74) is 6.01. The molecule has 2 atom stereocenters. The largest absolute Gasteiger partial charge is 0.383 e. The number of hydrogen-bond acceptors (Lipinski definition) is 4. The van der Waals surface area contributed by atoms with Gasteiger partial charge in [0, 0.05) is 32.2 Å². The third-order valence-corrected chi connectivity index (χ3v) is 4.04. The van der Waals surface area contributed by atoms with Gasteiger partial charge in [0.05, 0.1) is 13.2 Å². The number of carbonyl (C=O) groups is 1. The third-order valence-electron chi connectivity index (χ3n) is 4.04. The molecule has 0 aromatic rings. The van der Waals surface area contributed by atoms with E-state index in [9.17, 15) is 4.79 Å². The number of nitrogens with zero attached hydrogens (tertiary/aromatic N) is 1. The molecule has 2 heterocycles. The fourth-order valence-corrected chi connectivity index (χ4v) is 3.11. The highest BCUT2D eigenvalue weighted by Gasteiger charge is 2.39. The number of likely N-dealkylation sites (tertiary alicyclic amines) is 1. The topological polar surface area (TPSA) is 64.8 Å². The molecule has 0 saturated carbocycles. The third kappa shape index (κ3) is 3.02. The molecule has 0 bridgehead atoms. The summed E-state index contributed by atoms with van der Waals surface area (Å²) in [6.45, 7) is 3.55. The molecule has 104 valence electrons. The van der Waals surface area contributed by atoms with E-state index in [0.717, 1.165) is 52.0 Å². The van der Waals surface area contributed by atoms with Crippen molar-refractivity contribution in [3.8, 4) is 0 Å². The first-order chi connectivity index (χ1) is 8.67. The van der Waals surface area contributed by atoms with Crippen LogP contribution in [0.5, 0.6) is 0 Å². The van der Waals surface area contributed by atoms with Crippen molar-refractivity contribution in [3.05, 3.63) is 0 Å². The van der Waals surface area contributed by atoms with Gasteiger partial charge in [0.15, 0.2) is 0 Å². The van der Waals surface area contributed by atoms with Gasteiger partial charge in [-0.1, -0.05) is 0 Å². The van der Waals surface area contributed by atoms with Gasteiger partial charge in [-0.15, -0.1) is 0 Å². The van der Waals surface area contributed by atoms with Crippen LogP contribution >= 0.6 is 0 Å². The summed E-state index contributed by atoms with van der Waals surface area (Å²) in [6.07, 6.45) is 4.48. The van der Waals surface area contributed by atoms with E-state index < -0.39 is 6.04 Å². The van der Waals surface area contributed by atoms with E-state index >= 15 is 0 Å². The van der Waals surface area contributed by atoms with E-state index in [4.69, 9.17) is 15.2 Å². The summed E-state index contributed by atoms with van der Waals surface area (Å²) in [5.74, 6) is 0.0153. The van der Waals surface area contributed by atoms with Gasteiger partial charge < -0.3 is 20.1 Å². The molecular formula is C13H24N2O3. The van der Waals surface area contributed by atoms with Crippen LogP contribution in [-0.2, 0) is 14.3 Å². The molecule has 1 spiro atoms. The molecule has 2 aliphatic rings. The molecule has 1 amide bonds. The van der Waals surface area contributed by atoms with Crippen molar-refractivity contribution in [1.29, 1.82) is 0 Å². The van der Waals surface area contributed by atoms with Crippen molar-refractivity contribution < 1.29 is 14.3 Å². The maximum absolute atomic E-state index is 12.2. The monoisotopic (exact) mass is 256 g/mol. The predicted molar refractivity (Wildman–Crippen MR) is 68.2 cm³/mol. The van der Waals surface area contributed by atoms with Crippen LogP contribution in [0.15, 0.2) is 0 Å². The first-order valence-electron chi connectivity index (χ1n) is 6.78. The maximum atomic E-state index is 12.2. The number of hydrogen-bond donors (Lipinski definition) is 1. The maximum Gasteiger partial charge on any atom is 0.241 e. The molecule has 2 N–H and O–H groups in total. The van der Waals surface area contributed by atoms with Crippen LogP contribution in [0.2, 0.25) is 0 Å². The number of ether oxygens (including phenoxy) is 2. The first-order valence-corrected chi connectivity index (χ1v) is 6.78. The second-order valence-corrected chi connectivity index (χ2v) is 5.58. The van der Waals surface area contributed by atoms with Gasteiger partial charge in [0.1, 0.15) is 6.04 Å². The highest BCUT2D eigenvalue weighted by molar-refractivity contribution is 5.82. The second kappa shape index (κ2) is 5.99. The van der Waals surface area contributed by atoms with E-state index in [1.165, 1.54) is 0 Å². The fourth-order valence-electron chi connectivity index (χ4n) is 3.11. The molecule has 0 radical (unpaired) electrons. The number of rotatable bonds is 3. The first kappa shape index (κ1) is 13.8. The molecule has 2 aliphatic heterocycles. The molecule has 2 saturated heterocycles. The zero-order valence-corrected chi connectivity index (χ0v) is 11.2. The summed E-state index contributed by atoms with van der Waals surface area (Å²) >= 11 is 0. The zero-order valence-electron chi connectivity index (χ0n) is 11.2. The van der Waals surface area contributed by atoms with Crippen molar-refractivity contribution >= 4 is 5.91 Å². The van der Waals surface area contributed by atoms with E-state index in [0.29, 0.717) is 6.61 Å². The van der Waals surface area contributed by atoms with Crippen LogP contribution in [-0.4, -0.2) is 56.9 Å². The number of amides is 1. The lowest BCUT2D eigenvalue weighted by atomic mass is 9.76. The lowest BCUT2D eigenvalue weighted by Gasteiger charge is -2.45. The summed E-state index contributed by atoms with van der Waals surface area (Å²) in [5, 5.41) is 0. The van der Waals surface area contributed by atoms with Crippen molar-refractivity contribution in [2.45, 2.75) is 31.7 Å². The van der Waals surface area contributed by atoms with Gasteiger partial charge in [0.2, 0.25) is 5.91 Å². The van der Waals surface area contributed by atoms with Gasteiger partial charge >= 0.3 is 0 Å². The molecule has 2 unspecified atom stereocenters. The van der Waals surface area contributed by atoms with Crippen LogP contribution in [0.3, 0.4) is 0 Å². The van der Waals surface area contributed by atoms with E-state index in [-0.39, 0.29) is 11.3 Å². The molecule has 2 rings (SSSR count). The predicted octanol–water partition coefficient (Wildman–Crippen LogP) is 0.379. The standard InChI is InChI=1S/C13H24N2O3/c1-17-8-11(14)12(16)15-6-2-4-13(9-15)5-3-7-18-10-13/h11H,2-10,14H2,1H3. The Morgan fingerprint density at radius 2 is 2.28 bits per heavy atom. The van der Waals surface area contributed by atoms with Crippen LogP contribution in [0.25, 0.3) is 0 Å². The minimum atomic E-state index is -0.533. The summed E-state index contributed by atoms with van der Waals surface area (Å²) in [4.78, 5) is 14.1. The fraction of sp³-hybridized carbons (Fsp3) is 0.923. The number of methoxy groups -OCH3 is 1. The summed E-state index contributed by atoms with van der Waals surface area (Å²) in [7, 11) is 1.57. The molecule has 18 heavy (non-hydrogen) atoms. The lowest BCUT2D eigenvalue weighted by Crippen LogP contribution is -2.54. The Hall–Kier alpha value is -0.650. The van der Waals surface area contributed by atoms with Crippen LogP contribution in [0, 0.1) is 5.41 Å².